The molecule has 150 valence electrons. The second-order valence-corrected chi connectivity index (χ2v) is 7.14. The van der Waals surface area contributed by atoms with Gasteiger partial charge in [0.15, 0.2) is 0 Å². The van der Waals surface area contributed by atoms with Crippen LogP contribution in [0, 0.1) is 13.8 Å². The SMILES string of the molecule is Cc1ccc(CN2CCN(Cc3cccc(C)c3)CC2)cc1.O=C(O)C(=O)O. The van der Waals surface area contributed by atoms with Gasteiger partial charge >= 0.3 is 11.9 Å². The third kappa shape index (κ3) is 7.50. The van der Waals surface area contributed by atoms with Crippen LogP contribution in [0.5, 0.6) is 0 Å². The maximum atomic E-state index is 9.10. The van der Waals surface area contributed by atoms with Crippen LogP contribution >= 0.6 is 0 Å². The summed E-state index contributed by atoms with van der Waals surface area (Å²) in [5.74, 6) is -3.65. The molecule has 0 aliphatic carbocycles. The highest BCUT2D eigenvalue weighted by Crippen LogP contribution is 2.13. The van der Waals surface area contributed by atoms with Gasteiger partial charge in [-0.25, -0.2) is 9.59 Å². The van der Waals surface area contributed by atoms with Crippen molar-refractivity contribution in [1.82, 2.24) is 9.80 Å². The van der Waals surface area contributed by atoms with Gasteiger partial charge in [-0.2, -0.15) is 0 Å². The number of carbonyl (C=O) groups is 2. The fourth-order valence-electron chi connectivity index (χ4n) is 3.13. The number of aryl methyl sites for hydroxylation is 2. The summed E-state index contributed by atoms with van der Waals surface area (Å²) in [5.41, 5.74) is 5.56. The molecule has 28 heavy (non-hydrogen) atoms. The molecule has 1 fully saturated rings. The Labute approximate surface area is 166 Å². The van der Waals surface area contributed by atoms with Gasteiger partial charge in [-0.1, -0.05) is 59.7 Å². The first-order valence-corrected chi connectivity index (χ1v) is 9.35. The van der Waals surface area contributed by atoms with E-state index < -0.39 is 11.9 Å². The lowest BCUT2D eigenvalue weighted by molar-refractivity contribution is -0.159. The highest BCUT2D eigenvalue weighted by atomic mass is 16.4. The van der Waals surface area contributed by atoms with Crippen LogP contribution in [0.15, 0.2) is 48.5 Å². The minimum atomic E-state index is -1.82. The largest absolute Gasteiger partial charge is 0.473 e. The van der Waals surface area contributed by atoms with E-state index in [-0.39, 0.29) is 0 Å². The number of carboxylic acids is 2. The van der Waals surface area contributed by atoms with E-state index in [0.717, 1.165) is 13.1 Å². The van der Waals surface area contributed by atoms with Gasteiger partial charge in [-0.15, -0.1) is 0 Å². The quantitative estimate of drug-likeness (QED) is 0.789. The van der Waals surface area contributed by atoms with Crippen molar-refractivity contribution in [3.05, 3.63) is 70.8 Å². The zero-order valence-corrected chi connectivity index (χ0v) is 16.5. The Morgan fingerprint density at radius 3 is 1.71 bits per heavy atom. The van der Waals surface area contributed by atoms with Crippen LogP contribution in [0.25, 0.3) is 0 Å². The molecule has 0 aromatic heterocycles. The van der Waals surface area contributed by atoms with Crippen molar-refractivity contribution in [2.45, 2.75) is 26.9 Å². The Morgan fingerprint density at radius 2 is 1.25 bits per heavy atom. The summed E-state index contributed by atoms with van der Waals surface area (Å²) < 4.78 is 0. The maximum absolute atomic E-state index is 9.10. The lowest BCUT2D eigenvalue weighted by Crippen LogP contribution is -2.45. The van der Waals surface area contributed by atoms with E-state index in [0.29, 0.717) is 0 Å². The highest BCUT2D eigenvalue weighted by Gasteiger charge is 2.17. The topological polar surface area (TPSA) is 81.1 Å². The van der Waals surface area contributed by atoms with Crippen molar-refractivity contribution in [3.8, 4) is 0 Å². The first-order chi connectivity index (χ1) is 13.3. The second-order valence-electron chi connectivity index (χ2n) is 7.14. The van der Waals surface area contributed by atoms with Gasteiger partial charge in [-0.3, -0.25) is 9.80 Å². The Hall–Kier alpha value is -2.70. The van der Waals surface area contributed by atoms with Crippen LogP contribution in [0.2, 0.25) is 0 Å². The molecule has 0 bridgehead atoms. The molecule has 6 nitrogen and oxygen atoms in total. The zero-order valence-electron chi connectivity index (χ0n) is 16.5. The summed E-state index contributed by atoms with van der Waals surface area (Å²) in [4.78, 5) is 23.3. The molecule has 1 aliphatic heterocycles. The molecule has 2 aromatic rings. The van der Waals surface area contributed by atoms with E-state index in [9.17, 15) is 0 Å². The number of hydrogen-bond donors (Lipinski definition) is 2. The summed E-state index contributed by atoms with van der Waals surface area (Å²) in [6.45, 7) is 11.1. The molecule has 2 N–H and O–H groups in total. The Kier molecular flexibility index (Phi) is 8.17. The van der Waals surface area contributed by atoms with Gasteiger partial charge in [0.1, 0.15) is 0 Å². The van der Waals surface area contributed by atoms with Crippen molar-refractivity contribution in [2.24, 2.45) is 0 Å². The summed E-state index contributed by atoms with van der Waals surface area (Å²) in [6, 6.07) is 17.8. The van der Waals surface area contributed by atoms with Crippen molar-refractivity contribution < 1.29 is 19.8 Å². The average Bonchev–Trinajstić information content (AvgIpc) is 2.66. The monoisotopic (exact) mass is 384 g/mol. The lowest BCUT2D eigenvalue weighted by atomic mass is 10.1. The Bertz CT molecular complexity index is 769. The van der Waals surface area contributed by atoms with E-state index in [1.54, 1.807) is 0 Å². The third-order valence-corrected chi connectivity index (χ3v) is 4.66. The van der Waals surface area contributed by atoms with Crippen LogP contribution in [0.3, 0.4) is 0 Å². The standard InChI is InChI=1S/C20H26N2.C2H2O4/c1-17-6-8-19(9-7-17)15-21-10-12-22(13-11-21)16-20-5-3-4-18(2)14-20;3-1(4)2(5)6/h3-9,14H,10-13,15-16H2,1-2H3;(H,3,4)(H,5,6). The molecule has 0 saturated carbocycles. The van der Waals surface area contributed by atoms with Crippen molar-refractivity contribution in [2.75, 3.05) is 26.2 Å². The molecular formula is C22H28N2O4. The minimum Gasteiger partial charge on any atom is -0.473 e. The normalized spacial score (nSPS) is 14.8. The van der Waals surface area contributed by atoms with Gasteiger partial charge in [0, 0.05) is 39.3 Å². The second kappa shape index (κ2) is 10.6. The van der Waals surface area contributed by atoms with E-state index in [2.05, 4.69) is 72.2 Å². The lowest BCUT2D eigenvalue weighted by Gasteiger charge is -2.34. The van der Waals surface area contributed by atoms with Gasteiger partial charge in [0.25, 0.3) is 0 Å². The number of hydrogen-bond acceptors (Lipinski definition) is 4. The average molecular weight is 384 g/mol. The zero-order chi connectivity index (χ0) is 20.5. The molecule has 0 atom stereocenters. The summed E-state index contributed by atoms with van der Waals surface area (Å²) in [6.07, 6.45) is 0. The van der Waals surface area contributed by atoms with E-state index in [1.807, 2.05) is 0 Å². The van der Waals surface area contributed by atoms with Crippen LogP contribution < -0.4 is 0 Å². The number of rotatable bonds is 4. The molecule has 1 heterocycles. The van der Waals surface area contributed by atoms with E-state index in [1.165, 1.54) is 48.4 Å². The number of nitrogens with zero attached hydrogens (tertiary/aromatic N) is 2. The van der Waals surface area contributed by atoms with E-state index >= 15 is 0 Å². The molecule has 3 rings (SSSR count). The summed E-state index contributed by atoms with van der Waals surface area (Å²) in [5, 5.41) is 14.8. The van der Waals surface area contributed by atoms with Crippen LogP contribution in [-0.2, 0) is 22.7 Å². The molecular weight excluding hydrogens is 356 g/mol. The Balaban J connectivity index is 0.000000409. The molecule has 0 radical (unpaired) electrons. The van der Waals surface area contributed by atoms with E-state index in [4.69, 9.17) is 19.8 Å². The molecule has 0 spiro atoms. The fourth-order valence-corrected chi connectivity index (χ4v) is 3.13. The van der Waals surface area contributed by atoms with Crippen molar-refractivity contribution in [3.63, 3.8) is 0 Å². The van der Waals surface area contributed by atoms with Crippen LogP contribution in [-0.4, -0.2) is 58.1 Å². The predicted octanol–water partition coefficient (Wildman–Crippen LogP) is 2.78. The first-order valence-electron chi connectivity index (χ1n) is 9.35. The predicted molar refractivity (Wildman–Crippen MR) is 108 cm³/mol. The summed E-state index contributed by atoms with van der Waals surface area (Å²) in [7, 11) is 0. The fraction of sp³-hybridized carbons (Fsp3) is 0.364. The van der Waals surface area contributed by atoms with Crippen molar-refractivity contribution in [1.29, 1.82) is 0 Å². The molecule has 2 aromatic carbocycles. The van der Waals surface area contributed by atoms with Gasteiger partial charge < -0.3 is 10.2 Å². The molecule has 6 heteroatoms. The molecule has 1 aliphatic rings. The third-order valence-electron chi connectivity index (χ3n) is 4.66. The van der Waals surface area contributed by atoms with Crippen LogP contribution in [0.1, 0.15) is 22.3 Å². The molecule has 1 saturated heterocycles. The maximum Gasteiger partial charge on any atom is 0.414 e. The highest BCUT2D eigenvalue weighted by molar-refractivity contribution is 6.27. The molecule has 0 unspecified atom stereocenters. The van der Waals surface area contributed by atoms with Crippen molar-refractivity contribution >= 4 is 11.9 Å². The number of piperazine rings is 1. The smallest absolute Gasteiger partial charge is 0.414 e. The van der Waals surface area contributed by atoms with Gasteiger partial charge in [-0.05, 0) is 25.0 Å². The van der Waals surface area contributed by atoms with Gasteiger partial charge in [0.05, 0.1) is 0 Å². The number of aliphatic carboxylic acids is 2. The summed E-state index contributed by atoms with van der Waals surface area (Å²) >= 11 is 0. The molecule has 0 amide bonds. The number of carboxylic acid groups (broad SMARTS) is 2. The Morgan fingerprint density at radius 1 is 0.750 bits per heavy atom. The van der Waals surface area contributed by atoms with Crippen LogP contribution in [0.4, 0.5) is 0 Å². The van der Waals surface area contributed by atoms with Gasteiger partial charge in [0.2, 0.25) is 0 Å². The minimum absolute atomic E-state index is 1.08. The number of benzene rings is 2. The first kappa shape index (κ1) is 21.6.